The first-order valence-electron chi connectivity index (χ1n) is 11.2. The third-order valence-corrected chi connectivity index (χ3v) is 5.99. The zero-order valence-electron chi connectivity index (χ0n) is 18.8. The molecule has 0 saturated carbocycles. The second-order valence-electron chi connectivity index (χ2n) is 8.38. The second-order valence-corrected chi connectivity index (χ2v) is 8.38. The van der Waals surface area contributed by atoms with Crippen LogP contribution in [0.5, 0.6) is 5.75 Å². The molecule has 2 rings (SSSR count). The molecule has 0 spiro atoms. The number of esters is 1. The van der Waals surface area contributed by atoms with Crippen molar-refractivity contribution in [2.24, 2.45) is 11.8 Å². The molecule has 0 aliphatic carbocycles. The molecule has 6 heteroatoms. The Morgan fingerprint density at radius 1 is 1.20 bits per heavy atom. The molecule has 1 aromatic rings. The van der Waals surface area contributed by atoms with Gasteiger partial charge in [0, 0.05) is 12.5 Å². The van der Waals surface area contributed by atoms with Crippen molar-refractivity contribution in [3.63, 3.8) is 0 Å². The maximum atomic E-state index is 13.3. The number of unbranched alkanes of at least 4 members (excludes halogenated alkanes) is 1. The molecule has 1 fully saturated rings. The molecule has 0 aromatic heterocycles. The fourth-order valence-corrected chi connectivity index (χ4v) is 4.22. The molecule has 1 aromatic carbocycles. The highest BCUT2D eigenvalue weighted by Crippen LogP contribution is 2.28. The predicted octanol–water partition coefficient (Wildman–Crippen LogP) is 3.60. The molecule has 1 aliphatic rings. The molecule has 1 aliphatic heterocycles. The Kier molecular flexibility index (Phi) is 9.63. The number of hydrogen-bond acceptors (Lipinski definition) is 5. The summed E-state index contributed by atoms with van der Waals surface area (Å²) in [4.78, 5) is 27.0. The number of hydrogen-bond donors (Lipinski definition) is 1. The Balaban J connectivity index is 1.90. The van der Waals surface area contributed by atoms with Crippen LogP contribution in [0.4, 0.5) is 0 Å². The second kappa shape index (κ2) is 11.9. The summed E-state index contributed by atoms with van der Waals surface area (Å²) in [5.74, 6) is 0.382. The smallest absolute Gasteiger partial charge is 0.337 e. The van der Waals surface area contributed by atoms with E-state index in [0.29, 0.717) is 13.0 Å². The number of benzene rings is 1. The van der Waals surface area contributed by atoms with Gasteiger partial charge in [-0.3, -0.25) is 4.79 Å². The maximum absolute atomic E-state index is 13.3. The number of carbonyl (C=O) groups excluding carboxylic acids is 2. The van der Waals surface area contributed by atoms with E-state index in [1.807, 2.05) is 12.1 Å². The van der Waals surface area contributed by atoms with Crippen molar-refractivity contribution in [2.75, 3.05) is 20.3 Å². The number of ether oxygens (including phenoxy) is 2. The minimum atomic E-state index is -1.26. The van der Waals surface area contributed by atoms with Gasteiger partial charge in [0.2, 0.25) is 5.91 Å². The molecule has 0 bridgehead atoms. The van der Waals surface area contributed by atoms with Gasteiger partial charge in [0.05, 0.1) is 19.8 Å². The van der Waals surface area contributed by atoms with Gasteiger partial charge in [-0.05, 0) is 62.6 Å². The van der Waals surface area contributed by atoms with Gasteiger partial charge in [0.25, 0.3) is 0 Å². The van der Waals surface area contributed by atoms with Crippen molar-refractivity contribution in [1.82, 2.24) is 4.90 Å². The molecule has 30 heavy (non-hydrogen) atoms. The lowest BCUT2D eigenvalue weighted by molar-refractivity contribution is -0.158. The Bertz CT molecular complexity index is 673. The standard InChI is InChI=1S/C24H37NO5/c1-5-30-24(28)22(26)21-11-8-16-25(21)23(27)20(17(2)3)10-7-6-9-18-12-14-19(29-4)15-13-18/h12-15,17,20-22,26H,5-11,16H2,1-4H3/t20-,21?,22?/m0/s1. The molecule has 3 atom stereocenters. The van der Waals surface area contributed by atoms with Crippen molar-refractivity contribution in [1.29, 1.82) is 0 Å². The molecule has 1 N–H and O–H groups in total. The average molecular weight is 420 g/mol. The lowest BCUT2D eigenvalue weighted by atomic mass is 9.88. The molecule has 0 radical (unpaired) electrons. The number of carbonyl (C=O) groups is 2. The Morgan fingerprint density at radius 2 is 1.90 bits per heavy atom. The lowest BCUT2D eigenvalue weighted by Gasteiger charge is -2.32. The summed E-state index contributed by atoms with van der Waals surface area (Å²) in [6, 6.07) is 7.62. The van der Waals surface area contributed by atoms with Gasteiger partial charge in [-0.2, -0.15) is 0 Å². The van der Waals surface area contributed by atoms with E-state index in [1.54, 1.807) is 18.9 Å². The third-order valence-electron chi connectivity index (χ3n) is 5.99. The molecule has 168 valence electrons. The zero-order chi connectivity index (χ0) is 22.1. The number of aliphatic hydroxyl groups is 1. The summed E-state index contributed by atoms with van der Waals surface area (Å²) in [5.41, 5.74) is 1.26. The van der Waals surface area contributed by atoms with Crippen LogP contribution in [0.1, 0.15) is 58.4 Å². The monoisotopic (exact) mass is 419 g/mol. The first-order chi connectivity index (χ1) is 14.4. The highest BCUT2D eigenvalue weighted by atomic mass is 16.5. The van der Waals surface area contributed by atoms with Crippen LogP contribution in [-0.4, -0.2) is 54.3 Å². The van der Waals surface area contributed by atoms with Gasteiger partial charge < -0.3 is 19.5 Å². The van der Waals surface area contributed by atoms with E-state index in [-0.39, 0.29) is 24.3 Å². The fourth-order valence-electron chi connectivity index (χ4n) is 4.22. The molecular weight excluding hydrogens is 382 g/mol. The SMILES string of the molecule is CCOC(=O)C(O)C1CCCN1C(=O)[C@@H](CCCCc1ccc(OC)cc1)C(C)C. The van der Waals surface area contributed by atoms with Crippen molar-refractivity contribution >= 4 is 11.9 Å². The minimum Gasteiger partial charge on any atom is -0.497 e. The zero-order valence-corrected chi connectivity index (χ0v) is 18.8. The van der Waals surface area contributed by atoms with Gasteiger partial charge >= 0.3 is 5.97 Å². The average Bonchev–Trinajstić information content (AvgIpc) is 3.23. The minimum absolute atomic E-state index is 0.0558. The lowest BCUT2D eigenvalue weighted by Crippen LogP contribution is -2.49. The van der Waals surface area contributed by atoms with Crippen LogP contribution in [0, 0.1) is 11.8 Å². The number of amides is 1. The Hall–Kier alpha value is -2.08. The van der Waals surface area contributed by atoms with E-state index in [9.17, 15) is 14.7 Å². The molecular formula is C24H37NO5. The molecule has 2 unspecified atom stereocenters. The number of aryl methyl sites for hydroxylation is 1. The summed E-state index contributed by atoms with van der Waals surface area (Å²) in [5, 5.41) is 10.4. The summed E-state index contributed by atoms with van der Waals surface area (Å²) >= 11 is 0. The maximum Gasteiger partial charge on any atom is 0.337 e. The fraction of sp³-hybridized carbons (Fsp3) is 0.667. The summed E-state index contributed by atoms with van der Waals surface area (Å²) in [7, 11) is 1.66. The van der Waals surface area contributed by atoms with E-state index in [1.165, 1.54) is 5.56 Å². The first-order valence-corrected chi connectivity index (χ1v) is 11.2. The van der Waals surface area contributed by atoms with Crippen LogP contribution in [0.2, 0.25) is 0 Å². The van der Waals surface area contributed by atoms with Crippen LogP contribution >= 0.6 is 0 Å². The molecule has 1 amide bonds. The number of likely N-dealkylation sites (tertiary alicyclic amines) is 1. The summed E-state index contributed by atoms with van der Waals surface area (Å²) < 4.78 is 10.1. The largest absolute Gasteiger partial charge is 0.497 e. The summed E-state index contributed by atoms with van der Waals surface area (Å²) in [6.45, 7) is 6.66. The van der Waals surface area contributed by atoms with Crippen LogP contribution < -0.4 is 4.74 Å². The highest BCUT2D eigenvalue weighted by molar-refractivity contribution is 5.82. The topological polar surface area (TPSA) is 76.1 Å². The van der Waals surface area contributed by atoms with Gasteiger partial charge in [0.15, 0.2) is 6.10 Å². The van der Waals surface area contributed by atoms with Crippen LogP contribution in [-0.2, 0) is 20.7 Å². The number of rotatable bonds is 11. The van der Waals surface area contributed by atoms with Gasteiger partial charge in [-0.1, -0.05) is 32.4 Å². The molecule has 1 saturated heterocycles. The molecule has 6 nitrogen and oxygen atoms in total. The number of methoxy groups -OCH3 is 1. The van der Waals surface area contributed by atoms with E-state index in [2.05, 4.69) is 26.0 Å². The van der Waals surface area contributed by atoms with E-state index >= 15 is 0 Å². The van der Waals surface area contributed by atoms with E-state index in [0.717, 1.165) is 37.9 Å². The molecule has 1 heterocycles. The van der Waals surface area contributed by atoms with Gasteiger partial charge in [-0.25, -0.2) is 4.79 Å². The van der Waals surface area contributed by atoms with Crippen LogP contribution in [0.15, 0.2) is 24.3 Å². The highest BCUT2D eigenvalue weighted by Gasteiger charge is 2.40. The number of nitrogens with zero attached hydrogens (tertiary/aromatic N) is 1. The predicted molar refractivity (Wildman–Crippen MR) is 116 cm³/mol. The quantitative estimate of drug-likeness (QED) is 0.438. The third kappa shape index (κ3) is 6.46. The van der Waals surface area contributed by atoms with Crippen molar-refractivity contribution in [3.8, 4) is 5.75 Å². The first kappa shape index (κ1) is 24.2. The van der Waals surface area contributed by atoms with Crippen molar-refractivity contribution in [2.45, 2.75) is 71.4 Å². The van der Waals surface area contributed by atoms with Crippen LogP contribution in [0.25, 0.3) is 0 Å². The normalized spacial score (nSPS) is 18.3. The number of aliphatic hydroxyl groups excluding tert-OH is 1. The Morgan fingerprint density at radius 3 is 2.50 bits per heavy atom. The van der Waals surface area contributed by atoms with E-state index < -0.39 is 18.1 Å². The van der Waals surface area contributed by atoms with Gasteiger partial charge in [-0.15, -0.1) is 0 Å². The van der Waals surface area contributed by atoms with Crippen LogP contribution in [0.3, 0.4) is 0 Å². The summed E-state index contributed by atoms with van der Waals surface area (Å²) in [6.07, 6.45) is 3.92. The Labute approximate surface area is 180 Å². The van der Waals surface area contributed by atoms with E-state index in [4.69, 9.17) is 9.47 Å². The van der Waals surface area contributed by atoms with Gasteiger partial charge in [0.1, 0.15) is 5.75 Å². The van der Waals surface area contributed by atoms with Crippen molar-refractivity contribution in [3.05, 3.63) is 29.8 Å². The van der Waals surface area contributed by atoms with Crippen molar-refractivity contribution < 1.29 is 24.2 Å².